The first-order valence-corrected chi connectivity index (χ1v) is 9.83. The molecule has 1 amide bonds. The molecule has 2 aromatic rings. The van der Waals surface area contributed by atoms with Crippen molar-refractivity contribution in [3.05, 3.63) is 47.5 Å². The van der Waals surface area contributed by atoms with E-state index in [9.17, 15) is 14.7 Å². The third kappa shape index (κ3) is 3.72. The van der Waals surface area contributed by atoms with E-state index >= 15 is 0 Å². The number of fused-ring (bicyclic) bond motifs is 1. The molecule has 1 fully saturated rings. The minimum atomic E-state index is -1.03. The molecule has 2 heterocycles. The summed E-state index contributed by atoms with van der Waals surface area (Å²) in [6.45, 7) is 2.69. The lowest BCUT2D eigenvalue weighted by atomic mass is 10.1. The van der Waals surface area contributed by atoms with E-state index in [1.807, 2.05) is 21.9 Å². The Hall–Kier alpha value is -3.22. The Morgan fingerprint density at radius 2 is 1.83 bits per heavy atom. The van der Waals surface area contributed by atoms with Crippen LogP contribution in [-0.4, -0.2) is 55.2 Å². The molecule has 1 N–H and O–H groups in total. The van der Waals surface area contributed by atoms with Crippen LogP contribution in [0.1, 0.15) is 40.0 Å². The van der Waals surface area contributed by atoms with E-state index in [-0.39, 0.29) is 11.5 Å². The molecule has 2 aliphatic heterocycles. The maximum atomic E-state index is 12.8. The Labute approximate surface area is 169 Å². The van der Waals surface area contributed by atoms with Crippen molar-refractivity contribution in [2.75, 3.05) is 38.3 Å². The highest BCUT2D eigenvalue weighted by Gasteiger charge is 2.24. The highest BCUT2D eigenvalue weighted by Crippen LogP contribution is 2.39. The lowest BCUT2D eigenvalue weighted by Crippen LogP contribution is -2.35. The van der Waals surface area contributed by atoms with Crippen LogP contribution in [0.15, 0.2) is 36.4 Å². The number of carbonyl (C=O) groups excluding carboxylic acids is 1. The summed E-state index contributed by atoms with van der Waals surface area (Å²) in [6.07, 6.45) is 3.28. The highest BCUT2D eigenvalue weighted by atomic mass is 16.5. The van der Waals surface area contributed by atoms with Crippen molar-refractivity contribution in [2.24, 2.45) is 0 Å². The van der Waals surface area contributed by atoms with Crippen LogP contribution in [0.2, 0.25) is 0 Å². The molecule has 29 heavy (non-hydrogen) atoms. The van der Waals surface area contributed by atoms with Gasteiger partial charge in [-0.05, 0) is 49.6 Å². The molecule has 1 saturated heterocycles. The van der Waals surface area contributed by atoms with Gasteiger partial charge in [0.2, 0.25) is 0 Å². The average molecular weight is 396 g/mol. The number of anilines is 2. The van der Waals surface area contributed by atoms with Crippen molar-refractivity contribution >= 4 is 23.3 Å². The standard InChI is InChI=1S/C22H24N2O5/c1-28-19-14-16(6-7-17(19)22(26)27)24-11-12-29-20-13-15(5-8-18(20)24)21(25)23-9-3-2-4-10-23/h5-8,13-14H,2-4,9-12H2,1H3,(H,26,27). The minimum absolute atomic E-state index is 0.0423. The second-order valence-corrected chi connectivity index (χ2v) is 7.23. The molecular weight excluding hydrogens is 372 g/mol. The van der Waals surface area contributed by atoms with Crippen molar-refractivity contribution < 1.29 is 24.2 Å². The summed E-state index contributed by atoms with van der Waals surface area (Å²) in [5.41, 5.74) is 2.40. The number of methoxy groups -OCH3 is 1. The third-order valence-electron chi connectivity index (χ3n) is 5.44. The molecule has 2 aliphatic rings. The second-order valence-electron chi connectivity index (χ2n) is 7.23. The highest BCUT2D eigenvalue weighted by molar-refractivity contribution is 5.96. The maximum absolute atomic E-state index is 12.8. The van der Waals surface area contributed by atoms with Gasteiger partial charge in [0.1, 0.15) is 23.7 Å². The number of hydrogen-bond donors (Lipinski definition) is 1. The number of carboxylic acid groups (broad SMARTS) is 1. The monoisotopic (exact) mass is 396 g/mol. The topological polar surface area (TPSA) is 79.3 Å². The van der Waals surface area contributed by atoms with Crippen molar-refractivity contribution in [2.45, 2.75) is 19.3 Å². The largest absolute Gasteiger partial charge is 0.496 e. The zero-order chi connectivity index (χ0) is 20.4. The average Bonchev–Trinajstić information content (AvgIpc) is 2.77. The molecule has 0 saturated carbocycles. The van der Waals surface area contributed by atoms with Crippen LogP contribution in [0.3, 0.4) is 0 Å². The SMILES string of the molecule is COc1cc(N2CCOc3cc(C(=O)N4CCCCC4)ccc32)ccc1C(=O)O. The van der Waals surface area contributed by atoms with E-state index in [1.165, 1.54) is 13.5 Å². The van der Waals surface area contributed by atoms with Gasteiger partial charge in [0, 0.05) is 30.4 Å². The molecule has 0 unspecified atom stereocenters. The molecule has 2 aromatic carbocycles. The van der Waals surface area contributed by atoms with E-state index in [0.29, 0.717) is 30.2 Å². The van der Waals surface area contributed by atoms with Crippen LogP contribution < -0.4 is 14.4 Å². The predicted molar refractivity (Wildman–Crippen MR) is 109 cm³/mol. The number of likely N-dealkylation sites (tertiary alicyclic amines) is 1. The summed E-state index contributed by atoms with van der Waals surface area (Å²) in [6, 6.07) is 10.5. The van der Waals surface area contributed by atoms with Crippen molar-refractivity contribution in [3.63, 3.8) is 0 Å². The van der Waals surface area contributed by atoms with E-state index in [4.69, 9.17) is 9.47 Å². The van der Waals surface area contributed by atoms with E-state index in [1.54, 1.807) is 24.3 Å². The van der Waals surface area contributed by atoms with Gasteiger partial charge in [-0.2, -0.15) is 0 Å². The second kappa shape index (κ2) is 8.03. The zero-order valence-corrected chi connectivity index (χ0v) is 16.4. The number of ether oxygens (including phenoxy) is 2. The summed E-state index contributed by atoms with van der Waals surface area (Å²) in [4.78, 5) is 28.1. The fourth-order valence-corrected chi connectivity index (χ4v) is 3.93. The summed E-state index contributed by atoms with van der Waals surface area (Å²) in [5, 5.41) is 9.30. The van der Waals surface area contributed by atoms with Gasteiger partial charge < -0.3 is 24.4 Å². The molecule has 7 heteroatoms. The molecule has 4 rings (SSSR count). The molecule has 0 spiro atoms. The fourth-order valence-electron chi connectivity index (χ4n) is 3.93. The number of carboxylic acids is 1. The number of benzene rings is 2. The first-order valence-electron chi connectivity index (χ1n) is 9.83. The van der Waals surface area contributed by atoms with Crippen LogP contribution in [0.25, 0.3) is 0 Å². The Kier molecular flexibility index (Phi) is 5.29. The first kappa shape index (κ1) is 19.1. The van der Waals surface area contributed by atoms with Gasteiger partial charge in [-0.3, -0.25) is 4.79 Å². The number of nitrogens with zero attached hydrogens (tertiary/aromatic N) is 2. The Bertz CT molecular complexity index is 937. The number of aromatic carboxylic acids is 1. The van der Waals surface area contributed by atoms with E-state index < -0.39 is 5.97 Å². The first-order chi connectivity index (χ1) is 14.1. The van der Waals surface area contributed by atoms with E-state index in [2.05, 4.69) is 0 Å². The number of carbonyl (C=O) groups is 2. The van der Waals surface area contributed by atoms with Crippen molar-refractivity contribution in [3.8, 4) is 11.5 Å². The Morgan fingerprint density at radius 1 is 1.03 bits per heavy atom. The third-order valence-corrected chi connectivity index (χ3v) is 5.44. The van der Waals surface area contributed by atoms with Crippen LogP contribution in [0.4, 0.5) is 11.4 Å². The van der Waals surface area contributed by atoms with Gasteiger partial charge in [-0.1, -0.05) is 0 Å². The molecular formula is C22H24N2O5. The summed E-state index contributed by atoms with van der Waals surface area (Å²) in [7, 11) is 1.46. The molecule has 0 bridgehead atoms. The lowest BCUT2D eigenvalue weighted by Gasteiger charge is -2.32. The predicted octanol–water partition coefficient (Wildman–Crippen LogP) is 3.55. The van der Waals surface area contributed by atoms with Gasteiger partial charge in [-0.15, -0.1) is 0 Å². The van der Waals surface area contributed by atoms with Gasteiger partial charge >= 0.3 is 5.97 Å². The van der Waals surface area contributed by atoms with Crippen LogP contribution in [-0.2, 0) is 0 Å². The summed E-state index contributed by atoms with van der Waals surface area (Å²) >= 11 is 0. The quantitative estimate of drug-likeness (QED) is 0.851. The van der Waals surface area contributed by atoms with Gasteiger partial charge in [0.05, 0.1) is 19.3 Å². The van der Waals surface area contributed by atoms with Crippen LogP contribution >= 0.6 is 0 Å². The molecule has 7 nitrogen and oxygen atoms in total. The lowest BCUT2D eigenvalue weighted by molar-refractivity contribution is 0.0691. The molecule has 0 aliphatic carbocycles. The van der Waals surface area contributed by atoms with E-state index in [0.717, 1.165) is 37.3 Å². The minimum Gasteiger partial charge on any atom is -0.496 e. The van der Waals surface area contributed by atoms with Gasteiger partial charge in [0.25, 0.3) is 5.91 Å². The molecule has 0 aromatic heterocycles. The summed E-state index contributed by atoms with van der Waals surface area (Å²) < 4.78 is 11.1. The maximum Gasteiger partial charge on any atom is 0.339 e. The van der Waals surface area contributed by atoms with Crippen LogP contribution in [0, 0.1) is 0 Å². The summed E-state index contributed by atoms with van der Waals surface area (Å²) in [5.74, 6) is -0.0299. The molecule has 152 valence electrons. The number of amides is 1. The van der Waals surface area contributed by atoms with Gasteiger partial charge in [-0.25, -0.2) is 4.79 Å². The number of hydrogen-bond acceptors (Lipinski definition) is 5. The smallest absolute Gasteiger partial charge is 0.339 e. The number of piperidine rings is 1. The number of rotatable bonds is 4. The fraction of sp³-hybridized carbons (Fsp3) is 0.364. The van der Waals surface area contributed by atoms with Crippen molar-refractivity contribution in [1.82, 2.24) is 4.90 Å². The normalized spacial score (nSPS) is 16.0. The zero-order valence-electron chi connectivity index (χ0n) is 16.4. The Balaban J connectivity index is 1.63. The molecule has 0 radical (unpaired) electrons. The van der Waals surface area contributed by atoms with Gasteiger partial charge in [0.15, 0.2) is 0 Å². The van der Waals surface area contributed by atoms with Crippen LogP contribution in [0.5, 0.6) is 11.5 Å². The molecule has 0 atom stereocenters. The van der Waals surface area contributed by atoms with Crippen molar-refractivity contribution in [1.29, 1.82) is 0 Å². The Morgan fingerprint density at radius 3 is 2.55 bits per heavy atom.